The van der Waals surface area contributed by atoms with Crippen molar-refractivity contribution in [3.63, 3.8) is 0 Å². The molecule has 1 saturated heterocycles. The summed E-state index contributed by atoms with van der Waals surface area (Å²) < 4.78 is 34.5. The maximum atomic E-state index is 12.9. The number of hydrogen-bond donors (Lipinski definition) is 1. The highest BCUT2D eigenvalue weighted by Gasteiger charge is 2.34. The molecule has 0 bridgehead atoms. The minimum absolute atomic E-state index is 0.0362. The van der Waals surface area contributed by atoms with E-state index >= 15 is 0 Å². The molecule has 1 N–H and O–H groups in total. The summed E-state index contributed by atoms with van der Waals surface area (Å²) in [6.45, 7) is 7.48. The number of carbonyl (C=O) groups excluding carboxylic acids is 1. The Morgan fingerprint density at radius 2 is 2.03 bits per heavy atom. The smallest absolute Gasteiger partial charge is 0.262 e. The number of carbonyl (C=O) groups is 1. The molecule has 1 atom stereocenters. The predicted octanol–water partition coefficient (Wildman–Crippen LogP) is 2.41. The number of rotatable bonds is 8. The van der Waals surface area contributed by atoms with Gasteiger partial charge in [-0.1, -0.05) is 12.1 Å². The molecule has 0 radical (unpaired) electrons. The lowest BCUT2D eigenvalue weighted by molar-refractivity contribution is -0.126. The highest BCUT2D eigenvalue weighted by Crippen LogP contribution is 2.23. The van der Waals surface area contributed by atoms with Crippen LogP contribution in [0.3, 0.4) is 0 Å². The van der Waals surface area contributed by atoms with Gasteiger partial charge in [0.05, 0.1) is 18.3 Å². The summed E-state index contributed by atoms with van der Waals surface area (Å²) in [6, 6.07) is 7.59. The molecule has 0 aliphatic carbocycles. The van der Waals surface area contributed by atoms with Crippen molar-refractivity contribution in [3.05, 3.63) is 42.4 Å². The first-order chi connectivity index (χ1) is 14.3. The number of aromatic nitrogens is 2. The second-order valence-electron chi connectivity index (χ2n) is 7.77. The van der Waals surface area contributed by atoms with E-state index in [0.717, 1.165) is 11.3 Å². The highest BCUT2D eigenvalue weighted by atomic mass is 32.2. The first-order valence-electron chi connectivity index (χ1n) is 10.3. The van der Waals surface area contributed by atoms with Crippen LogP contribution in [0, 0.1) is 5.92 Å². The van der Waals surface area contributed by atoms with E-state index in [0.29, 0.717) is 32.5 Å². The van der Waals surface area contributed by atoms with Crippen molar-refractivity contribution in [3.8, 4) is 5.75 Å². The molecule has 0 unspecified atom stereocenters. The largest absolute Gasteiger partial charge is 0.491 e. The normalized spacial score (nSPS) is 17.8. The molecule has 0 saturated carbocycles. The highest BCUT2D eigenvalue weighted by molar-refractivity contribution is 7.89. The Hall–Kier alpha value is -2.39. The molecule has 2 aromatic rings. The number of sulfonamides is 1. The van der Waals surface area contributed by atoms with Crippen molar-refractivity contribution in [1.29, 1.82) is 0 Å². The van der Waals surface area contributed by atoms with Gasteiger partial charge in [-0.2, -0.15) is 4.31 Å². The fraction of sp³-hybridized carbons (Fsp3) is 0.524. The molecule has 164 valence electrons. The summed E-state index contributed by atoms with van der Waals surface area (Å²) in [5.41, 5.74) is 0.963. The van der Waals surface area contributed by atoms with Gasteiger partial charge in [0.25, 0.3) is 10.0 Å². The van der Waals surface area contributed by atoms with E-state index in [1.165, 1.54) is 16.8 Å². The van der Waals surface area contributed by atoms with Gasteiger partial charge in [0.15, 0.2) is 5.03 Å². The fourth-order valence-corrected chi connectivity index (χ4v) is 4.90. The van der Waals surface area contributed by atoms with Crippen LogP contribution >= 0.6 is 0 Å². The van der Waals surface area contributed by atoms with E-state index in [-0.39, 0.29) is 29.5 Å². The topological polar surface area (TPSA) is 93.5 Å². The van der Waals surface area contributed by atoms with Crippen molar-refractivity contribution in [1.82, 2.24) is 19.2 Å². The van der Waals surface area contributed by atoms with Crippen LogP contribution in [0.2, 0.25) is 0 Å². The molecule has 1 amide bonds. The van der Waals surface area contributed by atoms with E-state index < -0.39 is 10.0 Å². The van der Waals surface area contributed by atoms with Crippen LogP contribution in [-0.4, -0.2) is 47.4 Å². The number of piperidine rings is 1. The quantitative estimate of drug-likeness (QED) is 0.689. The van der Waals surface area contributed by atoms with Gasteiger partial charge in [-0.05, 0) is 51.3 Å². The van der Waals surface area contributed by atoms with E-state index in [1.807, 2.05) is 45.0 Å². The molecule has 30 heavy (non-hydrogen) atoms. The van der Waals surface area contributed by atoms with Crippen LogP contribution in [0.5, 0.6) is 5.75 Å². The van der Waals surface area contributed by atoms with Gasteiger partial charge in [-0.3, -0.25) is 4.79 Å². The molecule has 1 aromatic heterocycles. The zero-order valence-electron chi connectivity index (χ0n) is 17.7. The third-order valence-corrected chi connectivity index (χ3v) is 6.85. The average Bonchev–Trinajstić information content (AvgIpc) is 3.23. The predicted molar refractivity (Wildman–Crippen MR) is 113 cm³/mol. The Bertz CT molecular complexity index is 954. The molecule has 3 rings (SSSR count). The zero-order valence-corrected chi connectivity index (χ0v) is 18.6. The number of nitrogens with one attached hydrogen (secondary N) is 1. The van der Waals surface area contributed by atoms with Crippen LogP contribution in [-0.2, 0) is 27.9 Å². The van der Waals surface area contributed by atoms with Gasteiger partial charge in [-0.15, -0.1) is 0 Å². The van der Waals surface area contributed by atoms with Gasteiger partial charge in [0.1, 0.15) is 5.75 Å². The summed E-state index contributed by atoms with van der Waals surface area (Å²) in [5.74, 6) is 0.292. The van der Waals surface area contributed by atoms with Gasteiger partial charge in [-0.25, -0.2) is 13.4 Å². The summed E-state index contributed by atoms with van der Waals surface area (Å²) in [6.07, 6.45) is 4.47. The molecule has 0 spiro atoms. The van der Waals surface area contributed by atoms with Crippen molar-refractivity contribution in [2.75, 3.05) is 13.1 Å². The van der Waals surface area contributed by atoms with Crippen molar-refractivity contribution in [2.45, 2.75) is 57.8 Å². The first kappa shape index (κ1) is 22.3. The zero-order chi connectivity index (χ0) is 21.7. The third-order valence-electron chi connectivity index (χ3n) is 5.10. The van der Waals surface area contributed by atoms with Crippen LogP contribution < -0.4 is 10.1 Å². The Kier molecular flexibility index (Phi) is 7.14. The molecule has 2 heterocycles. The van der Waals surface area contributed by atoms with Gasteiger partial charge >= 0.3 is 0 Å². The number of nitrogens with zero attached hydrogens (tertiary/aromatic N) is 3. The fourth-order valence-electron chi connectivity index (χ4n) is 3.44. The summed E-state index contributed by atoms with van der Waals surface area (Å²) in [7, 11) is -3.69. The number of hydrogen-bond acceptors (Lipinski definition) is 5. The van der Waals surface area contributed by atoms with Crippen LogP contribution in [0.4, 0.5) is 0 Å². The maximum Gasteiger partial charge on any atom is 0.262 e. The number of imidazole rings is 1. The molecule has 1 aliphatic rings. The van der Waals surface area contributed by atoms with Crippen molar-refractivity contribution >= 4 is 15.9 Å². The minimum Gasteiger partial charge on any atom is -0.491 e. The van der Waals surface area contributed by atoms with E-state index in [9.17, 15) is 13.2 Å². The molecule has 1 aromatic carbocycles. The van der Waals surface area contributed by atoms with Crippen LogP contribution in [0.25, 0.3) is 0 Å². The van der Waals surface area contributed by atoms with Gasteiger partial charge in [0, 0.05) is 32.4 Å². The number of ether oxygens (including phenoxy) is 1. The lowest BCUT2D eigenvalue weighted by atomic mass is 9.99. The van der Waals surface area contributed by atoms with Gasteiger partial charge in [0.2, 0.25) is 5.91 Å². The summed E-state index contributed by atoms with van der Waals surface area (Å²) >= 11 is 0. The van der Waals surface area contributed by atoms with Crippen molar-refractivity contribution in [2.24, 2.45) is 5.92 Å². The Morgan fingerprint density at radius 1 is 1.30 bits per heavy atom. The monoisotopic (exact) mass is 434 g/mol. The SMILES string of the molecule is CCn1cnc(S(=O)(=O)N2CCC[C@H](C(=O)NCc3ccc(OC(C)C)cc3)C2)c1. The third kappa shape index (κ3) is 5.40. The maximum absolute atomic E-state index is 12.9. The molecule has 1 aliphatic heterocycles. The second kappa shape index (κ2) is 9.61. The first-order valence-corrected chi connectivity index (χ1v) is 11.8. The average molecular weight is 435 g/mol. The lowest BCUT2D eigenvalue weighted by Gasteiger charge is -2.30. The van der Waals surface area contributed by atoms with Crippen molar-refractivity contribution < 1.29 is 17.9 Å². The van der Waals surface area contributed by atoms with E-state index in [4.69, 9.17) is 4.74 Å². The van der Waals surface area contributed by atoms with E-state index in [2.05, 4.69) is 10.3 Å². The minimum atomic E-state index is -3.69. The molecular formula is C21H30N4O4S. The standard InChI is InChI=1S/C21H30N4O4S/c1-4-24-14-20(23-15-24)30(27,28)25-11-5-6-18(13-25)21(26)22-12-17-7-9-19(10-8-17)29-16(2)3/h7-10,14-16,18H,4-6,11-13H2,1-3H3,(H,22,26)/t18-/m0/s1. The number of benzene rings is 1. The number of amides is 1. The Labute approximate surface area is 178 Å². The Balaban J connectivity index is 1.57. The number of aryl methyl sites for hydroxylation is 1. The van der Waals surface area contributed by atoms with Crippen LogP contribution in [0.15, 0.2) is 41.8 Å². The second-order valence-corrected chi connectivity index (χ2v) is 9.66. The molecule has 8 nitrogen and oxygen atoms in total. The summed E-state index contributed by atoms with van der Waals surface area (Å²) in [4.78, 5) is 16.7. The van der Waals surface area contributed by atoms with Gasteiger partial charge < -0.3 is 14.6 Å². The lowest BCUT2D eigenvalue weighted by Crippen LogP contribution is -2.45. The molecular weight excluding hydrogens is 404 g/mol. The molecule has 1 fully saturated rings. The molecule has 9 heteroatoms. The summed E-state index contributed by atoms with van der Waals surface area (Å²) in [5, 5.41) is 2.97. The van der Waals surface area contributed by atoms with Crippen LogP contribution in [0.1, 0.15) is 39.2 Å². The Morgan fingerprint density at radius 3 is 2.67 bits per heavy atom. The van der Waals surface area contributed by atoms with E-state index in [1.54, 1.807) is 4.57 Å².